The van der Waals surface area contributed by atoms with Crippen molar-refractivity contribution in [1.82, 2.24) is 4.57 Å². The van der Waals surface area contributed by atoms with Crippen molar-refractivity contribution in [1.29, 1.82) is 0 Å². The molecule has 3 nitrogen and oxygen atoms in total. The molecule has 0 aliphatic rings. The van der Waals surface area contributed by atoms with Gasteiger partial charge >= 0.3 is 0 Å². The number of rotatable bonds is 3. The van der Waals surface area contributed by atoms with Crippen molar-refractivity contribution in [3.8, 4) is 22.8 Å². The van der Waals surface area contributed by atoms with Gasteiger partial charge in [0.1, 0.15) is 11.5 Å². The van der Waals surface area contributed by atoms with Crippen LogP contribution in [0, 0.1) is 0 Å². The van der Waals surface area contributed by atoms with Gasteiger partial charge in [-0.15, -0.1) is 0 Å². The summed E-state index contributed by atoms with van der Waals surface area (Å²) in [5.41, 5.74) is 3.26. The van der Waals surface area contributed by atoms with E-state index in [2.05, 4.69) is 29.8 Å². The summed E-state index contributed by atoms with van der Waals surface area (Å²) in [5, 5.41) is 1.21. The van der Waals surface area contributed by atoms with Crippen LogP contribution in [-0.4, -0.2) is 18.8 Å². The molecule has 0 unspecified atom stereocenters. The molecule has 1 heterocycles. The van der Waals surface area contributed by atoms with Crippen molar-refractivity contribution in [2.45, 2.75) is 0 Å². The van der Waals surface area contributed by atoms with E-state index >= 15 is 0 Å². The fraction of sp³-hybridized carbons (Fsp3) is 0.176. The Labute approximate surface area is 118 Å². The van der Waals surface area contributed by atoms with Crippen molar-refractivity contribution in [3.63, 3.8) is 0 Å². The third-order valence-corrected chi connectivity index (χ3v) is 3.64. The minimum atomic E-state index is 0.815. The molecule has 3 rings (SSSR count). The maximum absolute atomic E-state index is 5.50. The fourth-order valence-corrected chi connectivity index (χ4v) is 2.63. The number of nitrogens with zero attached hydrogens (tertiary/aromatic N) is 1. The summed E-state index contributed by atoms with van der Waals surface area (Å²) in [4.78, 5) is 0. The van der Waals surface area contributed by atoms with Crippen molar-refractivity contribution < 1.29 is 9.47 Å². The highest BCUT2D eigenvalue weighted by Gasteiger charge is 2.16. The van der Waals surface area contributed by atoms with E-state index < -0.39 is 0 Å². The van der Waals surface area contributed by atoms with E-state index in [0.717, 1.165) is 22.8 Å². The van der Waals surface area contributed by atoms with Gasteiger partial charge in [-0.1, -0.05) is 24.3 Å². The van der Waals surface area contributed by atoms with Crippen molar-refractivity contribution in [2.75, 3.05) is 14.2 Å². The Morgan fingerprint density at radius 1 is 0.850 bits per heavy atom. The molecule has 1 aromatic heterocycles. The molecule has 0 aliphatic carbocycles. The Morgan fingerprint density at radius 3 is 2.10 bits per heavy atom. The van der Waals surface area contributed by atoms with Crippen molar-refractivity contribution in [2.24, 2.45) is 7.05 Å². The molecule has 2 aromatic carbocycles. The van der Waals surface area contributed by atoms with Crippen LogP contribution in [0.1, 0.15) is 0 Å². The van der Waals surface area contributed by atoms with Crippen LogP contribution in [0.2, 0.25) is 0 Å². The predicted octanol–water partition coefficient (Wildman–Crippen LogP) is 3.86. The van der Waals surface area contributed by atoms with E-state index in [1.54, 1.807) is 14.2 Å². The molecular weight excluding hydrogens is 250 g/mol. The largest absolute Gasteiger partial charge is 0.496 e. The zero-order valence-electron chi connectivity index (χ0n) is 11.9. The number of fused-ring (bicyclic) bond motifs is 1. The number of hydrogen-bond acceptors (Lipinski definition) is 2. The summed E-state index contributed by atoms with van der Waals surface area (Å²) >= 11 is 0. The van der Waals surface area contributed by atoms with Gasteiger partial charge in [0.2, 0.25) is 0 Å². The molecule has 0 aliphatic heterocycles. The van der Waals surface area contributed by atoms with E-state index in [1.807, 2.05) is 30.3 Å². The van der Waals surface area contributed by atoms with Gasteiger partial charge in [-0.2, -0.15) is 0 Å². The molecule has 0 saturated carbocycles. The topological polar surface area (TPSA) is 23.4 Å². The van der Waals surface area contributed by atoms with Crippen LogP contribution in [0.25, 0.3) is 22.2 Å². The zero-order valence-corrected chi connectivity index (χ0v) is 11.9. The first-order chi connectivity index (χ1) is 9.76. The summed E-state index contributed by atoms with van der Waals surface area (Å²) < 4.78 is 13.2. The molecule has 0 spiro atoms. The minimum Gasteiger partial charge on any atom is -0.496 e. The molecule has 0 radical (unpaired) electrons. The average molecular weight is 267 g/mol. The lowest BCUT2D eigenvalue weighted by Gasteiger charge is -2.13. The van der Waals surface area contributed by atoms with Gasteiger partial charge in [0, 0.05) is 18.0 Å². The number of hydrogen-bond donors (Lipinski definition) is 0. The van der Waals surface area contributed by atoms with Gasteiger partial charge < -0.3 is 14.0 Å². The van der Waals surface area contributed by atoms with E-state index in [4.69, 9.17) is 9.47 Å². The van der Waals surface area contributed by atoms with E-state index in [0.29, 0.717) is 0 Å². The Hall–Kier alpha value is -2.42. The lowest BCUT2D eigenvalue weighted by Crippen LogP contribution is -1.97. The van der Waals surface area contributed by atoms with Gasteiger partial charge in [-0.25, -0.2) is 0 Å². The second-order valence-corrected chi connectivity index (χ2v) is 4.68. The van der Waals surface area contributed by atoms with E-state index in [-0.39, 0.29) is 0 Å². The molecule has 3 heteroatoms. The average Bonchev–Trinajstić information content (AvgIpc) is 2.83. The Bertz CT molecular complexity index is 737. The number of para-hydroxylation sites is 1. The van der Waals surface area contributed by atoms with Gasteiger partial charge in [0.25, 0.3) is 0 Å². The summed E-state index contributed by atoms with van der Waals surface area (Å²) in [5.74, 6) is 1.63. The molecule has 0 bridgehead atoms. The first-order valence-corrected chi connectivity index (χ1v) is 6.52. The number of aryl methyl sites for hydroxylation is 1. The highest BCUT2D eigenvalue weighted by Crippen LogP contribution is 2.40. The van der Waals surface area contributed by atoms with Crippen LogP contribution in [0.15, 0.2) is 48.5 Å². The molecular formula is C17H17NO2. The van der Waals surface area contributed by atoms with Gasteiger partial charge in [0.05, 0.1) is 25.5 Å². The summed E-state index contributed by atoms with van der Waals surface area (Å²) in [6.45, 7) is 0. The van der Waals surface area contributed by atoms with E-state index in [9.17, 15) is 0 Å². The van der Waals surface area contributed by atoms with Crippen LogP contribution in [0.3, 0.4) is 0 Å². The molecule has 3 aromatic rings. The standard InChI is InChI=1S/C17H17NO2/c1-18-13-8-5-4-7-12(13)11-14(18)17-15(19-2)9-6-10-16(17)20-3/h4-11H,1-3H3. The van der Waals surface area contributed by atoms with Crippen molar-refractivity contribution in [3.05, 3.63) is 48.5 Å². The number of methoxy groups -OCH3 is 2. The summed E-state index contributed by atoms with van der Waals surface area (Å²) in [6, 6.07) is 16.3. The molecule has 0 N–H and O–H groups in total. The Kier molecular flexibility index (Phi) is 3.11. The first-order valence-electron chi connectivity index (χ1n) is 6.52. The van der Waals surface area contributed by atoms with Crippen LogP contribution >= 0.6 is 0 Å². The smallest absolute Gasteiger partial charge is 0.131 e. The number of benzene rings is 2. The Balaban J connectivity index is 2.33. The maximum atomic E-state index is 5.50. The molecule has 0 atom stereocenters. The molecule has 0 saturated heterocycles. The van der Waals surface area contributed by atoms with Crippen LogP contribution in [0.4, 0.5) is 0 Å². The third kappa shape index (κ3) is 1.83. The van der Waals surface area contributed by atoms with Crippen LogP contribution in [-0.2, 0) is 7.05 Å². The van der Waals surface area contributed by atoms with E-state index in [1.165, 1.54) is 10.9 Å². The second-order valence-electron chi connectivity index (χ2n) is 4.68. The van der Waals surface area contributed by atoms with Crippen LogP contribution < -0.4 is 9.47 Å². The van der Waals surface area contributed by atoms with Crippen molar-refractivity contribution >= 4 is 10.9 Å². The number of aromatic nitrogens is 1. The quantitative estimate of drug-likeness (QED) is 0.719. The first kappa shape index (κ1) is 12.6. The molecule has 0 fully saturated rings. The monoisotopic (exact) mass is 267 g/mol. The fourth-order valence-electron chi connectivity index (χ4n) is 2.63. The SMILES string of the molecule is COc1cccc(OC)c1-c1cc2ccccc2n1C. The predicted molar refractivity (Wildman–Crippen MR) is 81.5 cm³/mol. The highest BCUT2D eigenvalue weighted by molar-refractivity contribution is 5.89. The van der Waals surface area contributed by atoms with Gasteiger partial charge in [0.15, 0.2) is 0 Å². The lowest BCUT2D eigenvalue weighted by atomic mass is 10.1. The maximum Gasteiger partial charge on any atom is 0.131 e. The normalized spacial score (nSPS) is 10.8. The third-order valence-electron chi connectivity index (χ3n) is 3.64. The minimum absolute atomic E-state index is 0.815. The second kappa shape index (κ2) is 4.93. The summed E-state index contributed by atoms with van der Waals surface area (Å²) in [7, 11) is 5.42. The zero-order chi connectivity index (χ0) is 14.1. The molecule has 102 valence electrons. The highest BCUT2D eigenvalue weighted by atomic mass is 16.5. The lowest BCUT2D eigenvalue weighted by molar-refractivity contribution is 0.397. The van der Waals surface area contributed by atoms with Gasteiger partial charge in [-0.05, 0) is 24.3 Å². The van der Waals surface area contributed by atoms with Crippen LogP contribution in [0.5, 0.6) is 11.5 Å². The molecule has 20 heavy (non-hydrogen) atoms. The number of ether oxygens (including phenoxy) is 2. The molecule has 0 amide bonds. The summed E-state index contributed by atoms with van der Waals surface area (Å²) in [6.07, 6.45) is 0. The van der Waals surface area contributed by atoms with Gasteiger partial charge in [-0.3, -0.25) is 0 Å². The Morgan fingerprint density at radius 2 is 1.50 bits per heavy atom.